The summed E-state index contributed by atoms with van der Waals surface area (Å²) >= 11 is 0. The number of oxazole rings is 1. The monoisotopic (exact) mass is 233 g/mol. The molecule has 0 spiro atoms. The molecule has 0 radical (unpaired) electrons. The van der Waals surface area contributed by atoms with Crippen LogP contribution in [0.1, 0.15) is 24.3 Å². The predicted octanol–water partition coefficient (Wildman–Crippen LogP) is 1.49. The third-order valence-electron chi connectivity index (χ3n) is 2.66. The first kappa shape index (κ1) is 11.6. The van der Waals surface area contributed by atoms with Gasteiger partial charge in [-0.2, -0.15) is 0 Å². The van der Waals surface area contributed by atoms with Crippen molar-refractivity contribution in [2.24, 2.45) is 0 Å². The van der Waals surface area contributed by atoms with Crippen molar-refractivity contribution in [3.63, 3.8) is 0 Å². The third kappa shape index (κ3) is 2.29. The topological polar surface area (TPSA) is 67.2 Å². The summed E-state index contributed by atoms with van der Waals surface area (Å²) in [5.41, 5.74) is 7.61. The first-order chi connectivity index (χ1) is 8.11. The van der Waals surface area contributed by atoms with Crippen molar-refractivity contribution in [2.45, 2.75) is 19.8 Å². The maximum Gasteiger partial charge on any atom is 0.241 e. The van der Waals surface area contributed by atoms with Crippen LogP contribution in [0.4, 0.5) is 0 Å². The summed E-state index contributed by atoms with van der Waals surface area (Å²) in [5.74, 6) is 0.310. The highest BCUT2D eigenvalue weighted by molar-refractivity contribution is 5.84. The van der Waals surface area contributed by atoms with E-state index in [1.54, 1.807) is 14.0 Å². The third-order valence-corrected chi connectivity index (χ3v) is 2.66. The van der Waals surface area contributed by atoms with Crippen molar-refractivity contribution < 1.29 is 9.21 Å². The van der Waals surface area contributed by atoms with Crippen molar-refractivity contribution in [1.82, 2.24) is 15.8 Å². The predicted molar refractivity (Wildman–Crippen MR) is 64.4 cm³/mol. The largest absolute Gasteiger partial charge is 0.441 e. The number of rotatable bonds is 3. The lowest BCUT2D eigenvalue weighted by atomic mass is 10.0. The zero-order valence-electron chi connectivity index (χ0n) is 10.1. The van der Waals surface area contributed by atoms with Crippen LogP contribution in [-0.2, 0) is 4.79 Å². The summed E-state index contributed by atoms with van der Waals surface area (Å²) < 4.78 is 5.44. The summed E-state index contributed by atoms with van der Waals surface area (Å²) in [6.07, 6.45) is 0. The van der Waals surface area contributed by atoms with Gasteiger partial charge in [-0.05, 0) is 24.6 Å². The summed E-state index contributed by atoms with van der Waals surface area (Å²) in [6, 6.07) is 5.61. The van der Waals surface area contributed by atoms with Crippen molar-refractivity contribution in [3.05, 3.63) is 29.7 Å². The van der Waals surface area contributed by atoms with Gasteiger partial charge in [-0.25, -0.2) is 10.4 Å². The molecule has 1 aromatic carbocycles. The Bertz CT molecular complexity index is 548. The zero-order valence-corrected chi connectivity index (χ0v) is 10.1. The fourth-order valence-electron chi connectivity index (χ4n) is 1.71. The molecule has 5 heteroatoms. The van der Waals surface area contributed by atoms with Gasteiger partial charge >= 0.3 is 0 Å². The van der Waals surface area contributed by atoms with Gasteiger partial charge in [0.05, 0.1) is 5.92 Å². The van der Waals surface area contributed by atoms with Crippen molar-refractivity contribution in [3.8, 4) is 0 Å². The number of hydrogen-bond donors (Lipinski definition) is 2. The Balaban J connectivity index is 2.32. The summed E-state index contributed by atoms with van der Waals surface area (Å²) in [6.45, 7) is 3.65. The molecule has 0 aliphatic carbocycles. The molecular weight excluding hydrogens is 218 g/mol. The van der Waals surface area contributed by atoms with Crippen molar-refractivity contribution in [1.29, 1.82) is 0 Å². The second-order valence-electron chi connectivity index (χ2n) is 3.92. The van der Waals surface area contributed by atoms with Gasteiger partial charge in [0.25, 0.3) is 0 Å². The molecule has 2 N–H and O–H groups in total. The number of amides is 1. The summed E-state index contributed by atoms with van der Waals surface area (Å²) in [7, 11) is 1.66. The maximum atomic E-state index is 11.7. The quantitative estimate of drug-likeness (QED) is 0.788. The number of nitrogens with zero attached hydrogens (tertiary/aromatic N) is 1. The van der Waals surface area contributed by atoms with E-state index >= 15 is 0 Å². The number of nitrogens with one attached hydrogen (secondary N) is 2. The average molecular weight is 233 g/mol. The van der Waals surface area contributed by atoms with E-state index in [0.29, 0.717) is 11.5 Å². The van der Waals surface area contributed by atoms with Gasteiger partial charge in [-0.15, -0.1) is 0 Å². The first-order valence-corrected chi connectivity index (χ1v) is 5.45. The van der Waals surface area contributed by atoms with Crippen LogP contribution in [0.2, 0.25) is 0 Å². The molecule has 0 aliphatic rings. The summed E-state index contributed by atoms with van der Waals surface area (Å²) in [5, 5.41) is 0. The molecule has 1 heterocycles. The highest BCUT2D eigenvalue weighted by atomic mass is 16.3. The van der Waals surface area contributed by atoms with Gasteiger partial charge in [0.2, 0.25) is 5.91 Å². The van der Waals surface area contributed by atoms with Crippen LogP contribution in [0.5, 0.6) is 0 Å². The van der Waals surface area contributed by atoms with E-state index in [-0.39, 0.29) is 11.8 Å². The molecule has 2 rings (SSSR count). The highest BCUT2D eigenvalue weighted by Crippen LogP contribution is 2.22. The minimum Gasteiger partial charge on any atom is -0.441 e. The lowest BCUT2D eigenvalue weighted by Gasteiger charge is -2.11. The van der Waals surface area contributed by atoms with E-state index in [4.69, 9.17) is 4.42 Å². The van der Waals surface area contributed by atoms with Gasteiger partial charge in [-0.3, -0.25) is 10.2 Å². The Labute approximate surface area is 99.2 Å². The Kier molecular flexibility index (Phi) is 3.10. The molecular formula is C12H15N3O2. The van der Waals surface area contributed by atoms with E-state index in [1.807, 2.05) is 25.1 Å². The molecule has 1 aromatic heterocycles. The molecule has 1 amide bonds. The smallest absolute Gasteiger partial charge is 0.241 e. The standard InChI is InChI=1S/C12H15N3O2/c1-7(12(16)15-13-3)9-4-5-10-11(6-9)17-8(2)14-10/h4-7,13H,1-3H3,(H,15,16). The SMILES string of the molecule is CNNC(=O)C(C)c1ccc2nc(C)oc2c1. The van der Waals surface area contributed by atoms with Crippen LogP contribution in [0.25, 0.3) is 11.1 Å². The molecule has 90 valence electrons. The number of fused-ring (bicyclic) bond motifs is 1. The van der Waals surface area contributed by atoms with Crippen LogP contribution in [0.3, 0.4) is 0 Å². The van der Waals surface area contributed by atoms with E-state index in [0.717, 1.165) is 11.1 Å². The highest BCUT2D eigenvalue weighted by Gasteiger charge is 2.15. The first-order valence-electron chi connectivity index (χ1n) is 5.45. The molecule has 17 heavy (non-hydrogen) atoms. The van der Waals surface area contributed by atoms with E-state index in [2.05, 4.69) is 15.8 Å². The van der Waals surface area contributed by atoms with Gasteiger partial charge < -0.3 is 4.42 Å². The zero-order chi connectivity index (χ0) is 12.4. The Morgan fingerprint density at radius 3 is 2.94 bits per heavy atom. The average Bonchev–Trinajstić information content (AvgIpc) is 2.67. The lowest BCUT2D eigenvalue weighted by Crippen LogP contribution is -2.37. The number of benzene rings is 1. The molecule has 0 fully saturated rings. The maximum absolute atomic E-state index is 11.7. The molecule has 1 atom stereocenters. The number of hydrazine groups is 1. The molecule has 5 nitrogen and oxygen atoms in total. The Morgan fingerprint density at radius 2 is 2.24 bits per heavy atom. The van der Waals surface area contributed by atoms with Gasteiger partial charge in [0.1, 0.15) is 5.52 Å². The number of aryl methyl sites for hydroxylation is 1. The van der Waals surface area contributed by atoms with Gasteiger partial charge in [0, 0.05) is 14.0 Å². The molecule has 0 saturated heterocycles. The molecule has 0 bridgehead atoms. The van der Waals surface area contributed by atoms with E-state index < -0.39 is 0 Å². The van der Waals surface area contributed by atoms with Gasteiger partial charge in [-0.1, -0.05) is 6.07 Å². The second kappa shape index (κ2) is 4.55. The molecule has 0 saturated carbocycles. The van der Waals surface area contributed by atoms with E-state index in [1.165, 1.54) is 0 Å². The number of carbonyl (C=O) groups excluding carboxylic acids is 1. The van der Waals surface area contributed by atoms with E-state index in [9.17, 15) is 4.79 Å². The fourth-order valence-corrected chi connectivity index (χ4v) is 1.71. The molecule has 2 aromatic rings. The number of aromatic nitrogens is 1. The number of hydrogen-bond acceptors (Lipinski definition) is 4. The Hall–Kier alpha value is -1.88. The minimum atomic E-state index is -0.239. The van der Waals surface area contributed by atoms with Crippen LogP contribution < -0.4 is 10.9 Å². The fraction of sp³-hybridized carbons (Fsp3) is 0.333. The van der Waals surface area contributed by atoms with Crippen LogP contribution in [0, 0.1) is 6.92 Å². The van der Waals surface area contributed by atoms with Crippen molar-refractivity contribution in [2.75, 3.05) is 7.05 Å². The lowest BCUT2D eigenvalue weighted by molar-refractivity contribution is -0.123. The normalized spacial score (nSPS) is 12.6. The van der Waals surface area contributed by atoms with Crippen LogP contribution in [-0.4, -0.2) is 17.9 Å². The van der Waals surface area contributed by atoms with Crippen LogP contribution in [0.15, 0.2) is 22.6 Å². The summed E-state index contributed by atoms with van der Waals surface area (Å²) in [4.78, 5) is 15.9. The van der Waals surface area contributed by atoms with Gasteiger partial charge in [0.15, 0.2) is 11.5 Å². The molecule has 1 unspecified atom stereocenters. The van der Waals surface area contributed by atoms with Crippen LogP contribution >= 0.6 is 0 Å². The Morgan fingerprint density at radius 1 is 1.47 bits per heavy atom. The minimum absolute atomic E-state index is 0.0805. The van der Waals surface area contributed by atoms with Crippen molar-refractivity contribution >= 4 is 17.0 Å². The molecule has 0 aliphatic heterocycles. The number of carbonyl (C=O) groups is 1. The second-order valence-corrected chi connectivity index (χ2v) is 3.92.